The van der Waals surface area contributed by atoms with Crippen LogP contribution in [-0.2, 0) is 0 Å². The molecule has 0 aliphatic carbocycles. The van der Waals surface area contributed by atoms with E-state index in [0.29, 0.717) is 0 Å². The van der Waals surface area contributed by atoms with Crippen LogP contribution in [0.4, 0.5) is 0 Å². The topological polar surface area (TPSA) is 35.0 Å². The molecule has 4 aromatic rings. The first-order valence-electron chi connectivity index (χ1n) is 8.48. The van der Waals surface area contributed by atoms with Crippen LogP contribution < -0.4 is 4.74 Å². The highest BCUT2D eigenvalue weighted by Gasteiger charge is 2.17. The second-order valence-corrected chi connectivity index (χ2v) is 5.88. The first-order valence-corrected chi connectivity index (χ1v) is 8.48. The second kappa shape index (κ2) is 7.19. The zero-order valence-corrected chi connectivity index (χ0v) is 14.5. The number of ether oxygens (including phenoxy) is 1. The van der Waals surface area contributed by atoms with Crippen molar-refractivity contribution in [2.45, 2.75) is 0 Å². The van der Waals surface area contributed by atoms with E-state index in [1.54, 1.807) is 13.3 Å². The number of hydrogen-bond donors (Lipinski definition) is 0. The van der Waals surface area contributed by atoms with Gasteiger partial charge < -0.3 is 4.74 Å². The molecule has 0 N–H and O–H groups in total. The van der Waals surface area contributed by atoms with E-state index in [1.165, 1.54) is 0 Å². The van der Waals surface area contributed by atoms with Crippen molar-refractivity contribution in [3.8, 4) is 39.5 Å². The molecule has 0 atom stereocenters. The van der Waals surface area contributed by atoms with E-state index in [9.17, 15) is 0 Å². The minimum absolute atomic E-state index is 0.731. The fourth-order valence-electron chi connectivity index (χ4n) is 3.00. The van der Waals surface area contributed by atoms with Crippen LogP contribution in [0.5, 0.6) is 5.75 Å². The molecular weight excluding hydrogens is 320 g/mol. The Labute approximate surface area is 153 Å². The van der Waals surface area contributed by atoms with Gasteiger partial charge in [-0.25, -0.2) is 4.98 Å². The molecule has 0 unspecified atom stereocenters. The summed E-state index contributed by atoms with van der Waals surface area (Å²) in [4.78, 5) is 9.44. The lowest BCUT2D eigenvalue weighted by Crippen LogP contribution is -1.98. The molecule has 3 nitrogen and oxygen atoms in total. The predicted octanol–water partition coefficient (Wildman–Crippen LogP) is 5.49. The van der Waals surface area contributed by atoms with Gasteiger partial charge in [0.15, 0.2) is 5.75 Å². The molecule has 4 rings (SSSR count). The third-order valence-electron chi connectivity index (χ3n) is 4.23. The summed E-state index contributed by atoms with van der Waals surface area (Å²) in [5, 5.41) is 0. The summed E-state index contributed by atoms with van der Waals surface area (Å²) >= 11 is 0. The Morgan fingerprint density at radius 3 is 1.96 bits per heavy atom. The van der Waals surface area contributed by atoms with Gasteiger partial charge in [0.1, 0.15) is 5.69 Å². The number of aromatic nitrogens is 2. The Morgan fingerprint density at radius 1 is 0.692 bits per heavy atom. The predicted molar refractivity (Wildman–Crippen MR) is 105 cm³/mol. The van der Waals surface area contributed by atoms with Crippen LogP contribution >= 0.6 is 0 Å². The molecule has 0 saturated carbocycles. The van der Waals surface area contributed by atoms with E-state index in [0.717, 1.165) is 39.5 Å². The number of rotatable bonds is 4. The Balaban J connectivity index is 2.01. The highest BCUT2D eigenvalue weighted by atomic mass is 16.5. The smallest absolute Gasteiger partial charge is 0.154 e. The van der Waals surface area contributed by atoms with Crippen molar-refractivity contribution in [1.82, 2.24) is 9.97 Å². The monoisotopic (exact) mass is 338 g/mol. The maximum atomic E-state index is 5.77. The minimum Gasteiger partial charge on any atom is -0.494 e. The zero-order chi connectivity index (χ0) is 17.8. The van der Waals surface area contributed by atoms with Gasteiger partial charge in [0.05, 0.1) is 18.5 Å². The van der Waals surface area contributed by atoms with Crippen LogP contribution in [0.1, 0.15) is 0 Å². The number of pyridine rings is 2. The fourth-order valence-corrected chi connectivity index (χ4v) is 3.00. The molecule has 126 valence electrons. The van der Waals surface area contributed by atoms with Crippen molar-refractivity contribution in [2.75, 3.05) is 7.11 Å². The van der Waals surface area contributed by atoms with Crippen molar-refractivity contribution in [3.63, 3.8) is 0 Å². The first-order chi connectivity index (χ1) is 12.9. The van der Waals surface area contributed by atoms with E-state index in [-0.39, 0.29) is 0 Å². The molecular formula is C23H18N2O. The molecule has 0 aliphatic heterocycles. The first kappa shape index (κ1) is 16.0. The molecule has 0 radical (unpaired) electrons. The summed E-state index contributed by atoms with van der Waals surface area (Å²) < 4.78 is 5.77. The molecule has 3 heteroatoms. The third-order valence-corrected chi connectivity index (χ3v) is 4.23. The summed E-state index contributed by atoms with van der Waals surface area (Å²) in [7, 11) is 1.68. The second-order valence-electron chi connectivity index (χ2n) is 5.88. The molecule has 0 saturated heterocycles. The number of nitrogens with zero attached hydrogens (tertiary/aromatic N) is 2. The molecule has 2 heterocycles. The molecule has 26 heavy (non-hydrogen) atoms. The summed E-state index contributed by atoms with van der Waals surface area (Å²) in [6.45, 7) is 0. The molecule has 0 bridgehead atoms. The molecule has 0 amide bonds. The fraction of sp³-hybridized carbons (Fsp3) is 0.0435. The van der Waals surface area contributed by atoms with Gasteiger partial charge in [0.2, 0.25) is 0 Å². The van der Waals surface area contributed by atoms with Gasteiger partial charge >= 0.3 is 0 Å². The largest absolute Gasteiger partial charge is 0.494 e. The summed E-state index contributed by atoms with van der Waals surface area (Å²) in [6, 6.07) is 28.2. The highest BCUT2D eigenvalue weighted by Crippen LogP contribution is 2.39. The van der Waals surface area contributed by atoms with Gasteiger partial charge in [-0.3, -0.25) is 4.98 Å². The van der Waals surface area contributed by atoms with Crippen LogP contribution in [0.3, 0.4) is 0 Å². The maximum Gasteiger partial charge on any atom is 0.154 e. The molecule has 0 fully saturated rings. The quantitative estimate of drug-likeness (QED) is 0.494. The summed E-state index contributed by atoms with van der Waals surface area (Å²) in [5.41, 5.74) is 5.58. The van der Waals surface area contributed by atoms with Crippen LogP contribution in [0.2, 0.25) is 0 Å². The van der Waals surface area contributed by atoms with Crippen molar-refractivity contribution in [1.29, 1.82) is 0 Å². The van der Waals surface area contributed by atoms with Gasteiger partial charge in [0.25, 0.3) is 0 Å². The van der Waals surface area contributed by atoms with Gasteiger partial charge in [-0.15, -0.1) is 0 Å². The van der Waals surface area contributed by atoms with E-state index >= 15 is 0 Å². The van der Waals surface area contributed by atoms with Crippen LogP contribution in [-0.4, -0.2) is 17.1 Å². The number of hydrogen-bond acceptors (Lipinski definition) is 3. The van der Waals surface area contributed by atoms with Gasteiger partial charge in [0, 0.05) is 22.9 Å². The SMILES string of the molecule is COc1c(-c2ccccn2)cc(-c2ccccc2)nc1-c1ccccc1. The lowest BCUT2D eigenvalue weighted by atomic mass is 10.0. The third kappa shape index (κ3) is 3.07. The zero-order valence-electron chi connectivity index (χ0n) is 14.5. The van der Waals surface area contributed by atoms with Crippen molar-refractivity contribution >= 4 is 0 Å². The number of benzene rings is 2. The lowest BCUT2D eigenvalue weighted by Gasteiger charge is -2.15. The van der Waals surface area contributed by atoms with Crippen molar-refractivity contribution in [3.05, 3.63) is 91.1 Å². The highest BCUT2D eigenvalue weighted by molar-refractivity contribution is 5.82. The molecule has 0 aliphatic rings. The molecule has 2 aromatic heterocycles. The van der Waals surface area contributed by atoms with Crippen molar-refractivity contribution < 1.29 is 4.74 Å². The Kier molecular flexibility index (Phi) is 4.44. The Bertz CT molecular complexity index is 940. The Hall–Kier alpha value is -3.46. The van der Waals surface area contributed by atoms with Crippen LogP contribution in [0.15, 0.2) is 91.1 Å². The average Bonchev–Trinajstić information content (AvgIpc) is 2.74. The number of methoxy groups -OCH3 is 1. The van der Waals surface area contributed by atoms with E-state index in [4.69, 9.17) is 9.72 Å². The standard InChI is InChI=1S/C23H18N2O/c1-26-23-19(20-14-8-9-15-24-20)16-21(17-10-4-2-5-11-17)25-22(23)18-12-6-3-7-13-18/h2-16H,1H3. The molecule has 2 aromatic carbocycles. The van der Waals surface area contributed by atoms with E-state index < -0.39 is 0 Å². The normalized spacial score (nSPS) is 10.5. The van der Waals surface area contributed by atoms with E-state index in [1.807, 2.05) is 72.8 Å². The summed E-state index contributed by atoms with van der Waals surface area (Å²) in [6.07, 6.45) is 1.79. The summed E-state index contributed by atoms with van der Waals surface area (Å²) in [5.74, 6) is 0.731. The van der Waals surface area contributed by atoms with Gasteiger partial charge in [-0.1, -0.05) is 66.7 Å². The lowest BCUT2D eigenvalue weighted by molar-refractivity contribution is 0.416. The van der Waals surface area contributed by atoms with Crippen LogP contribution in [0.25, 0.3) is 33.8 Å². The van der Waals surface area contributed by atoms with Crippen molar-refractivity contribution in [2.24, 2.45) is 0 Å². The van der Waals surface area contributed by atoms with Gasteiger partial charge in [-0.2, -0.15) is 0 Å². The molecule has 0 spiro atoms. The average molecular weight is 338 g/mol. The van der Waals surface area contributed by atoms with E-state index in [2.05, 4.69) is 17.1 Å². The van der Waals surface area contributed by atoms with Gasteiger partial charge in [-0.05, 0) is 18.2 Å². The van der Waals surface area contributed by atoms with Crippen LogP contribution in [0, 0.1) is 0 Å². The maximum absolute atomic E-state index is 5.77. The minimum atomic E-state index is 0.731. The Morgan fingerprint density at radius 2 is 1.35 bits per heavy atom.